The molecule has 0 spiro atoms. The molecule has 0 amide bonds. The Morgan fingerprint density at radius 1 is 1.53 bits per heavy atom. The number of benzene rings is 1. The number of carboxylic acid groups (broad SMARTS) is 1. The lowest BCUT2D eigenvalue weighted by Gasteiger charge is -1.98. The standard InChI is InChI=1S/C10H7ClFNO2/c1-13-4-5(10(14)15)8-7(13)3-2-6(11)9(8)12/h2-4H,1H3,(H,14,15). The zero-order valence-corrected chi connectivity index (χ0v) is 8.55. The van der Waals surface area contributed by atoms with E-state index >= 15 is 0 Å². The molecule has 0 radical (unpaired) electrons. The van der Waals surface area contributed by atoms with Crippen LogP contribution in [0.2, 0.25) is 5.02 Å². The summed E-state index contributed by atoms with van der Waals surface area (Å²) < 4.78 is 15.2. The second-order valence-corrected chi connectivity index (χ2v) is 3.62. The fourth-order valence-corrected chi connectivity index (χ4v) is 1.74. The Morgan fingerprint density at radius 2 is 2.20 bits per heavy atom. The van der Waals surface area contributed by atoms with Crippen molar-refractivity contribution in [3.63, 3.8) is 0 Å². The van der Waals surface area contributed by atoms with Gasteiger partial charge in [0.25, 0.3) is 0 Å². The normalized spacial score (nSPS) is 10.9. The van der Waals surface area contributed by atoms with E-state index in [1.807, 2.05) is 0 Å². The Kier molecular flexibility index (Phi) is 2.16. The Balaban J connectivity index is 2.95. The van der Waals surface area contributed by atoms with Gasteiger partial charge in [0.15, 0.2) is 5.82 Å². The van der Waals surface area contributed by atoms with Gasteiger partial charge in [0.05, 0.1) is 21.5 Å². The number of carboxylic acids is 1. The van der Waals surface area contributed by atoms with Crippen LogP contribution in [-0.2, 0) is 7.05 Å². The molecule has 5 heteroatoms. The molecular weight excluding hydrogens is 221 g/mol. The summed E-state index contributed by atoms with van der Waals surface area (Å²) >= 11 is 5.60. The predicted molar refractivity (Wildman–Crippen MR) is 54.8 cm³/mol. The Hall–Kier alpha value is -1.55. The van der Waals surface area contributed by atoms with Gasteiger partial charge in [-0.25, -0.2) is 9.18 Å². The lowest BCUT2D eigenvalue weighted by atomic mass is 10.1. The summed E-state index contributed by atoms with van der Waals surface area (Å²) in [6, 6.07) is 3.00. The summed E-state index contributed by atoms with van der Waals surface area (Å²) in [5.74, 6) is -1.85. The largest absolute Gasteiger partial charge is 0.478 e. The molecule has 3 nitrogen and oxygen atoms in total. The van der Waals surface area contributed by atoms with Gasteiger partial charge in [-0.05, 0) is 12.1 Å². The Labute approximate surface area is 89.7 Å². The predicted octanol–water partition coefficient (Wildman–Crippen LogP) is 2.67. The van der Waals surface area contributed by atoms with Gasteiger partial charge in [-0.1, -0.05) is 11.6 Å². The summed E-state index contributed by atoms with van der Waals surface area (Å²) in [7, 11) is 1.65. The van der Waals surface area contributed by atoms with Crippen molar-refractivity contribution in [2.75, 3.05) is 0 Å². The van der Waals surface area contributed by atoms with Gasteiger partial charge in [0.2, 0.25) is 0 Å². The minimum atomic E-state index is -1.17. The molecule has 0 aliphatic rings. The van der Waals surface area contributed by atoms with E-state index < -0.39 is 11.8 Å². The van der Waals surface area contributed by atoms with Crippen molar-refractivity contribution in [3.05, 3.63) is 34.7 Å². The highest BCUT2D eigenvalue weighted by molar-refractivity contribution is 6.31. The lowest BCUT2D eigenvalue weighted by molar-refractivity contribution is 0.0698. The van der Waals surface area contributed by atoms with Gasteiger partial charge < -0.3 is 9.67 Å². The van der Waals surface area contributed by atoms with Crippen LogP contribution in [-0.4, -0.2) is 15.6 Å². The average Bonchev–Trinajstić information content (AvgIpc) is 2.50. The molecule has 0 saturated carbocycles. The molecule has 0 bridgehead atoms. The minimum absolute atomic E-state index is 0.0532. The van der Waals surface area contributed by atoms with Gasteiger partial charge in [0.1, 0.15) is 0 Å². The third-order valence-electron chi connectivity index (χ3n) is 2.28. The van der Waals surface area contributed by atoms with E-state index in [4.69, 9.17) is 16.7 Å². The van der Waals surface area contributed by atoms with Crippen molar-refractivity contribution in [2.24, 2.45) is 7.05 Å². The van der Waals surface area contributed by atoms with Gasteiger partial charge in [0, 0.05) is 13.2 Å². The van der Waals surface area contributed by atoms with Crippen molar-refractivity contribution < 1.29 is 14.3 Å². The maximum absolute atomic E-state index is 13.6. The number of aromatic carboxylic acids is 1. The number of aromatic nitrogens is 1. The van der Waals surface area contributed by atoms with Crippen LogP contribution in [0.15, 0.2) is 18.3 Å². The summed E-state index contributed by atoms with van der Waals surface area (Å²) in [5.41, 5.74) is 0.432. The van der Waals surface area contributed by atoms with E-state index in [1.165, 1.54) is 12.3 Å². The van der Waals surface area contributed by atoms with Crippen molar-refractivity contribution in [3.8, 4) is 0 Å². The fraction of sp³-hybridized carbons (Fsp3) is 0.100. The Morgan fingerprint density at radius 3 is 2.80 bits per heavy atom. The average molecular weight is 228 g/mol. The van der Waals surface area contributed by atoms with Crippen molar-refractivity contribution in [1.82, 2.24) is 4.57 Å². The third kappa shape index (κ3) is 1.37. The van der Waals surface area contributed by atoms with E-state index in [0.717, 1.165) is 0 Å². The molecule has 0 atom stereocenters. The van der Waals surface area contributed by atoms with E-state index in [2.05, 4.69) is 0 Å². The smallest absolute Gasteiger partial charge is 0.337 e. The van der Waals surface area contributed by atoms with Crippen molar-refractivity contribution >= 4 is 28.5 Å². The van der Waals surface area contributed by atoms with E-state index in [0.29, 0.717) is 5.52 Å². The summed E-state index contributed by atoms with van der Waals surface area (Å²) in [5, 5.41) is 8.87. The van der Waals surface area contributed by atoms with Crippen LogP contribution in [0, 0.1) is 5.82 Å². The second kappa shape index (κ2) is 3.24. The van der Waals surface area contributed by atoms with Crippen LogP contribution >= 0.6 is 11.6 Å². The van der Waals surface area contributed by atoms with Gasteiger partial charge >= 0.3 is 5.97 Å². The second-order valence-electron chi connectivity index (χ2n) is 3.21. The molecular formula is C10H7ClFNO2. The molecule has 78 valence electrons. The number of nitrogens with zero attached hydrogens (tertiary/aromatic N) is 1. The molecule has 0 fully saturated rings. The van der Waals surface area contributed by atoms with Crippen LogP contribution in [0.5, 0.6) is 0 Å². The first-order chi connectivity index (χ1) is 7.02. The number of aryl methyl sites for hydroxylation is 1. The zero-order valence-electron chi connectivity index (χ0n) is 7.79. The van der Waals surface area contributed by atoms with Crippen molar-refractivity contribution in [1.29, 1.82) is 0 Å². The molecule has 1 aromatic heterocycles. The summed E-state index contributed by atoms with van der Waals surface area (Å²) in [6.45, 7) is 0. The molecule has 1 heterocycles. The molecule has 0 unspecified atom stereocenters. The third-order valence-corrected chi connectivity index (χ3v) is 2.57. The monoisotopic (exact) mass is 227 g/mol. The maximum Gasteiger partial charge on any atom is 0.337 e. The van der Waals surface area contributed by atoms with Crippen molar-refractivity contribution in [2.45, 2.75) is 0 Å². The van der Waals surface area contributed by atoms with Crippen LogP contribution in [0.25, 0.3) is 10.9 Å². The number of hydrogen-bond acceptors (Lipinski definition) is 1. The van der Waals surface area contributed by atoms with Gasteiger partial charge in [-0.3, -0.25) is 0 Å². The molecule has 2 rings (SSSR count). The Bertz CT molecular complexity index is 562. The van der Waals surface area contributed by atoms with Crippen LogP contribution in [0.1, 0.15) is 10.4 Å². The summed E-state index contributed by atoms with van der Waals surface area (Å²) in [6.07, 6.45) is 1.37. The SMILES string of the molecule is Cn1cc(C(=O)O)c2c(F)c(Cl)ccc21. The number of fused-ring (bicyclic) bond motifs is 1. The van der Waals surface area contributed by atoms with Crippen LogP contribution in [0.4, 0.5) is 4.39 Å². The molecule has 2 aromatic rings. The number of hydrogen-bond donors (Lipinski definition) is 1. The molecule has 1 aromatic carbocycles. The minimum Gasteiger partial charge on any atom is -0.478 e. The molecule has 0 saturated heterocycles. The zero-order chi connectivity index (χ0) is 11.2. The van der Waals surface area contributed by atoms with E-state index in [1.54, 1.807) is 17.7 Å². The first kappa shape index (κ1) is 9.98. The number of rotatable bonds is 1. The molecule has 15 heavy (non-hydrogen) atoms. The molecule has 1 N–H and O–H groups in total. The molecule has 0 aliphatic carbocycles. The van der Waals surface area contributed by atoms with Crippen LogP contribution < -0.4 is 0 Å². The lowest BCUT2D eigenvalue weighted by Crippen LogP contribution is -1.95. The highest BCUT2D eigenvalue weighted by atomic mass is 35.5. The topological polar surface area (TPSA) is 42.2 Å². The van der Waals surface area contributed by atoms with Crippen LogP contribution in [0.3, 0.4) is 0 Å². The maximum atomic E-state index is 13.6. The van der Waals surface area contributed by atoms with E-state index in [-0.39, 0.29) is 16.0 Å². The van der Waals surface area contributed by atoms with E-state index in [9.17, 15) is 9.18 Å². The fourth-order valence-electron chi connectivity index (χ4n) is 1.58. The number of carbonyl (C=O) groups is 1. The summed E-state index contributed by atoms with van der Waals surface area (Å²) in [4.78, 5) is 10.9. The quantitative estimate of drug-likeness (QED) is 0.814. The highest BCUT2D eigenvalue weighted by Gasteiger charge is 2.18. The highest BCUT2D eigenvalue weighted by Crippen LogP contribution is 2.28. The first-order valence-electron chi connectivity index (χ1n) is 4.18. The first-order valence-corrected chi connectivity index (χ1v) is 4.56. The van der Waals surface area contributed by atoms with Gasteiger partial charge in [-0.2, -0.15) is 0 Å². The molecule has 0 aliphatic heterocycles. The van der Waals surface area contributed by atoms with Gasteiger partial charge in [-0.15, -0.1) is 0 Å². The number of halogens is 2.